The monoisotopic (exact) mass is 309 g/mol. The van der Waals surface area contributed by atoms with E-state index in [2.05, 4.69) is 15.5 Å². The molecule has 0 saturated heterocycles. The van der Waals surface area contributed by atoms with Crippen molar-refractivity contribution in [1.29, 1.82) is 0 Å². The summed E-state index contributed by atoms with van der Waals surface area (Å²) in [7, 11) is 0. The average molecular weight is 310 g/mol. The van der Waals surface area contributed by atoms with E-state index in [0.29, 0.717) is 15.2 Å². The van der Waals surface area contributed by atoms with Crippen molar-refractivity contribution in [2.24, 2.45) is 5.92 Å². The van der Waals surface area contributed by atoms with Crippen molar-refractivity contribution in [3.63, 3.8) is 0 Å². The lowest BCUT2D eigenvalue weighted by Gasteiger charge is -2.09. The van der Waals surface area contributed by atoms with Crippen LogP contribution in [0.15, 0.2) is 24.3 Å². The lowest BCUT2D eigenvalue weighted by atomic mass is 10.0. The molecule has 106 valence electrons. The van der Waals surface area contributed by atoms with Gasteiger partial charge in [0, 0.05) is 11.5 Å². The quantitative estimate of drug-likeness (QED) is 0.899. The molecule has 0 spiro atoms. The van der Waals surface area contributed by atoms with E-state index in [1.165, 1.54) is 11.3 Å². The first-order chi connectivity index (χ1) is 9.65. The highest BCUT2D eigenvalue weighted by Crippen LogP contribution is 2.31. The molecule has 1 heterocycles. The van der Waals surface area contributed by atoms with Gasteiger partial charge in [-0.25, -0.2) is 0 Å². The second kappa shape index (κ2) is 6.81. The lowest BCUT2D eigenvalue weighted by molar-refractivity contribution is -0.120. The normalized spacial score (nSPS) is 10.8. The van der Waals surface area contributed by atoms with E-state index in [1.54, 1.807) is 6.07 Å². The zero-order chi connectivity index (χ0) is 14.5. The minimum Gasteiger partial charge on any atom is -0.300 e. The number of halogens is 1. The Bertz CT molecular complexity index is 596. The summed E-state index contributed by atoms with van der Waals surface area (Å²) < 4.78 is 0. The van der Waals surface area contributed by atoms with Gasteiger partial charge in [-0.15, -0.1) is 10.2 Å². The summed E-state index contributed by atoms with van der Waals surface area (Å²) in [6.07, 6.45) is 1.64. The molecule has 0 atom stereocenters. The fourth-order valence-corrected chi connectivity index (χ4v) is 2.95. The number of amides is 1. The van der Waals surface area contributed by atoms with Gasteiger partial charge in [0.15, 0.2) is 5.01 Å². The van der Waals surface area contributed by atoms with E-state index in [9.17, 15) is 4.79 Å². The Morgan fingerprint density at radius 2 is 2.00 bits per heavy atom. The number of rotatable bonds is 5. The van der Waals surface area contributed by atoms with Gasteiger partial charge in [0.2, 0.25) is 11.0 Å². The first kappa shape index (κ1) is 14.9. The molecule has 0 aliphatic carbocycles. The summed E-state index contributed by atoms with van der Waals surface area (Å²) in [5, 5.41) is 12.7. The molecule has 0 saturated carbocycles. The predicted octanol–water partition coefficient (Wildman–Crippen LogP) is 4.23. The Labute approximate surface area is 127 Å². The van der Waals surface area contributed by atoms with Crippen LogP contribution in [0.2, 0.25) is 5.02 Å². The number of carbonyl (C=O) groups is 1. The number of nitrogens with zero attached hydrogens (tertiary/aromatic N) is 2. The van der Waals surface area contributed by atoms with Crippen LogP contribution in [0.3, 0.4) is 0 Å². The van der Waals surface area contributed by atoms with E-state index in [0.717, 1.165) is 18.4 Å². The van der Waals surface area contributed by atoms with Crippen LogP contribution in [0.4, 0.5) is 5.13 Å². The van der Waals surface area contributed by atoms with Gasteiger partial charge in [-0.2, -0.15) is 0 Å². The summed E-state index contributed by atoms with van der Waals surface area (Å²) >= 11 is 7.45. The minimum atomic E-state index is -0.00291. The summed E-state index contributed by atoms with van der Waals surface area (Å²) in [6.45, 7) is 4.01. The first-order valence-electron chi connectivity index (χ1n) is 6.55. The zero-order valence-corrected chi connectivity index (χ0v) is 13.0. The van der Waals surface area contributed by atoms with Gasteiger partial charge in [0.1, 0.15) is 0 Å². The van der Waals surface area contributed by atoms with Crippen molar-refractivity contribution in [3.8, 4) is 10.6 Å². The molecule has 0 aliphatic heterocycles. The third kappa shape index (κ3) is 3.35. The van der Waals surface area contributed by atoms with Gasteiger partial charge in [0.05, 0.1) is 5.02 Å². The van der Waals surface area contributed by atoms with Gasteiger partial charge in [-0.1, -0.05) is 55.0 Å². The third-order valence-electron chi connectivity index (χ3n) is 3.12. The Balaban J connectivity index is 2.14. The third-order valence-corrected chi connectivity index (χ3v) is 4.32. The number of carbonyl (C=O) groups excluding carboxylic acids is 1. The van der Waals surface area contributed by atoms with Gasteiger partial charge < -0.3 is 5.32 Å². The number of aromatic nitrogens is 2. The molecule has 1 aromatic heterocycles. The average Bonchev–Trinajstić information content (AvgIpc) is 2.89. The number of hydrogen-bond donors (Lipinski definition) is 1. The SMILES string of the molecule is CCC(CC)C(=O)Nc1nnc(-c2ccccc2Cl)s1. The van der Waals surface area contributed by atoms with E-state index in [4.69, 9.17) is 11.6 Å². The number of anilines is 1. The van der Waals surface area contributed by atoms with Crippen LogP contribution in [0.1, 0.15) is 26.7 Å². The van der Waals surface area contributed by atoms with Crippen molar-refractivity contribution in [3.05, 3.63) is 29.3 Å². The highest BCUT2D eigenvalue weighted by molar-refractivity contribution is 7.18. The number of benzene rings is 1. The second-order valence-corrected chi connectivity index (χ2v) is 5.78. The van der Waals surface area contributed by atoms with Gasteiger partial charge in [-0.05, 0) is 18.9 Å². The molecule has 0 unspecified atom stereocenters. The predicted molar refractivity (Wildman–Crippen MR) is 83.1 cm³/mol. The van der Waals surface area contributed by atoms with Gasteiger partial charge in [-0.3, -0.25) is 4.79 Å². The van der Waals surface area contributed by atoms with Crippen LogP contribution in [0, 0.1) is 5.92 Å². The standard InChI is InChI=1S/C14H16ClN3OS/c1-3-9(4-2)12(19)16-14-18-17-13(20-14)10-7-5-6-8-11(10)15/h5-9H,3-4H2,1-2H3,(H,16,18,19). The van der Waals surface area contributed by atoms with Crippen LogP contribution >= 0.6 is 22.9 Å². The number of nitrogens with one attached hydrogen (secondary N) is 1. The summed E-state index contributed by atoms with van der Waals surface area (Å²) in [4.78, 5) is 12.0. The molecule has 0 radical (unpaired) electrons. The Morgan fingerprint density at radius 3 is 2.65 bits per heavy atom. The molecule has 0 fully saturated rings. The largest absolute Gasteiger partial charge is 0.300 e. The molecule has 1 aromatic carbocycles. The van der Waals surface area contributed by atoms with Gasteiger partial charge in [0.25, 0.3) is 0 Å². The van der Waals surface area contributed by atoms with Gasteiger partial charge >= 0.3 is 0 Å². The van der Waals surface area contributed by atoms with Crippen LogP contribution in [-0.2, 0) is 4.79 Å². The highest BCUT2D eigenvalue weighted by atomic mass is 35.5. The zero-order valence-electron chi connectivity index (χ0n) is 11.4. The molecular weight excluding hydrogens is 294 g/mol. The van der Waals surface area contributed by atoms with Crippen LogP contribution in [0.25, 0.3) is 10.6 Å². The summed E-state index contributed by atoms with van der Waals surface area (Å²) in [6, 6.07) is 7.45. The molecule has 20 heavy (non-hydrogen) atoms. The van der Waals surface area contributed by atoms with Crippen LogP contribution < -0.4 is 5.32 Å². The maximum atomic E-state index is 12.0. The van der Waals surface area contributed by atoms with Crippen molar-refractivity contribution in [1.82, 2.24) is 10.2 Å². The first-order valence-corrected chi connectivity index (χ1v) is 7.74. The summed E-state index contributed by atoms with van der Waals surface area (Å²) in [5.41, 5.74) is 0.828. The molecule has 2 rings (SSSR count). The van der Waals surface area contributed by atoms with E-state index < -0.39 is 0 Å². The molecule has 1 N–H and O–H groups in total. The maximum Gasteiger partial charge on any atom is 0.229 e. The molecule has 2 aromatic rings. The Hall–Kier alpha value is -1.46. The lowest BCUT2D eigenvalue weighted by Crippen LogP contribution is -2.21. The van der Waals surface area contributed by atoms with Crippen molar-refractivity contribution in [2.75, 3.05) is 5.32 Å². The molecule has 0 bridgehead atoms. The summed E-state index contributed by atoms with van der Waals surface area (Å²) in [5.74, 6) is 0.0134. The highest BCUT2D eigenvalue weighted by Gasteiger charge is 2.17. The molecule has 4 nitrogen and oxygen atoms in total. The van der Waals surface area contributed by atoms with Crippen molar-refractivity contribution >= 4 is 34.0 Å². The Morgan fingerprint density at radius 1 is 1.30 bits per heavy atom. The second-order valence-electron chi connectivity index (χ2n) is 4.39. The van der Waals surface area contributed by atoms with Crippen molar-refractivity contribution < 1.29 is 4.79 Å². The van der Waals surface area contributed by atoms with Crippen LogP contribution in [0.5, 0.6) is 0 Å². The van der Waals surface area contributed by atoms with Crippen LogP contribution in [-0.4, -0.2) is 16.1 Å². The maximum absolute atomic E-state index is 12.0. The fourth-order valence-electron chi connectivity index (χ4n) is 1.88. The smallest absolute Gasteiger partial charge is 0.229 e. The topological polar surface area (TPSA) is 54.9 Å². The number of hydrogen-bond acceptors (Lipinski definition) is 4. The molecule has 0 aliphatic rings. The Kier molecular flexibility index (Phi) is 5.09. The van der Waals surface area contributed by atoms with E-state index in [1.807, 2.05) is 32.0 Å². The molecule has 6 heteroatoms. The minimum absolute atomic E-state index is 0.00291. The fraction of sp³-hybridized carbons (Fsp3) is 0.357. The van der Waals surface area contributed by atoms with Crippen molar-refractivity contribution in [2.45, 2.75) is 26.7 Å². The van der Waals surface area contributed by atoms with E-state index in [-0.39, 0.29) is 11.8 Å². The van der Waals surface area contributed by atoms with E-state index >= 15 is 0 Å². The molecule has 1 amide bonds. The molecular formula is C14H16ClN3OS.